The van der Waals surface area contributed by atoms with Crippen molar-refractivity contribution in [3.63, 3.8) is 0 Å². The fourth-order valence-corrected chi connectivity index (χ4v) is 2.96. The van der Waals surface area contributed by atoms with E-state index >= 15 is 0 Å². The van der Waals surface area contributed by atoms with Gasteiger partial charge in [0.1, 0.15) is 5.82 Å². The molecule has 0 bridgehead atoms. The summed E-state index contributed by atoms with van der Waals surface area (Å²) in [6.45, 7) is 12.4. The molecule has 112 valence electrons. The van der Waals surface area contributed by atoms with Crippen LogP contribution in [0.3, 0.4) is 0 Å². The summed E-state index contributed by atoms with van der Waals surface area (Å²) >= 11 is 0. The first-order valence-electron chi connectivity index (χ1n) is 7.34. The molecular formula is C19H24FN. The number of hydrogen-bond donors (Lipinski definition) is 1. The first-order valence-corrected chi connectivity index (χ1v) is 7.34. The maximum Gasteiger partial charge on any atom is 0.126 e. The summed E-state index contributed by atoms with van der Waals surface area (Å²) in [5.74, 6) is -0.196. The van der Waals surface area contributed by atoms with Gasteiger partial charge in [0.15, 0.2) is 0 Å². The second-order valence-corrected chi connectivity index (χ2v) is 6.02. The van der Waals surface area contributed by atoms with Gasteiger partial charge in [-0.1, -0.05) is 12.1 Å². The summed E-state index contributed by atoms with van der Waals surface area (Å²) in [6, 6.07) is 4.98. The number of halogens is 1. The van der Waals surface area contributed by atoms with E-state index in [1.807, 2.05) is 6.07 Å². The van der Waals surface area contributed by atoms with Crippen molar-refractivity contribution >= 4 is 0 Å². The van der Waals surface area contributed by atoms with Gasteiger partial charge in [-0.05, 0) is 92.1 Å². The quantitative estimate of drug-likeness (QED) is 0.848. The topological polar surface area (TPSA) is 26.0 Å². The number of rotatable bonds is 2. The molecule has 1 nitrogen and oxygen atoms in total. The van der Waals surface area contributed by atoms with Gasteiger partial charge >= 0.3 is 0 Å². The molecule has 21 heavy (non-hydrogen) atoms. The van der Waals surface area contributed by atoms with Gasteiger partial charge in [0.05, 0.1) is 6.04 Å². The van der Waals surface area contributed by atoms with Gasteiger partial charge in [0.2, 0.25) is 0 Å². The molecule has 0 fully saturated rings. The molecule has 0 saturated carbocycles. The lowest BCUT2D eigenvalue weighted by Gasteiger charge is -2.23. The van der Waals surface area contributed by atoms with E-state index in [-0.39, 0.29) is 11.9 Å². The van der Waals surface area contributed by atoms with E-state index in [1.54, 1.807) is 19.1 Å². The molecule has 0 aromatic heterocycles. The van der Waals surface area contributed by atoms with Crippen molar-refractivity contribution in [1.29, 1.82) is 0 Å². The highest BCUT2D eigenvalue weighted by molar-refractivity contribution is 5.52. The average molecular weight is 285 g/mol. The zero-order chi connectivity index (χ0) is 15.9. The predicted octanol–water partition coefficient (Wildman–Crippen LogP) is 4.72. The van der Waals surface area contributed by atoms with Crippen LogP contribution in [0.5, 0.6) is 0 Å². The molecule has 1 unspecified atom stereocenters. The molecule has 2 aromatic carbocycles. The van der Waals surface area contributed by atoms with Crippen molar-refractivity contribution in [1.82, 2.24) is 0 Å². The second kappa shape index (κ2) is 5.61. The molecule has 0 aliphatic heterocycles. The van der Waals surface area contributed by atoms with Gasteiger partial charge in [-0.2, -0.15) is 0 Å². The minimum Gasteiger partial charge on any atom is -0.320 e. The fraction of sp³-hybridized carbons (Fsp3) is 0.368. The van der Waals surface area contributed by atoms with E-state index in [1.165, 1.54) is 27.8 Å². The Morgan fingerprint density at radius 3 is 1.76 bits per heavy atom. The summed E-state index contributed by atoms with van der Waals surface area (Å²) in [4.78, 5) is 0. The maximum atomic E-state index is 13.8. The van der Waals surface area contributed by atoms with Gasteiger partial charge in [0.25, 0.3) is 0 Å². The highest BCUT2D eigenvalue weighted by Gasteiger charge is 2.19. The average Bonchev–Trinajstić information content (AvgIpc) is 2.46. The Morgan fingerprint density at radius 1 is 0.810 bits per heavy atom. The van der Waals surface area contributed by atoms with Crippen LogP contribution in [0, 0.1) is 47.4 Å². The Bertz CT molecular complexity index is 672. The Kier molecular flexibility index (Phi) is 4.20. The summed E-state index contributed by atoms with van der Waals surface area (Å²) in [5, 5.41) is 0. The lowest BCUT2D eigenvalue weighted by Crippen LogP contribution is -2.17. The van der Waals surface area contributed by atoms with E-state index in [4.69, 9.17) is 5.73 Å². The first-order chi connectivity index (χ1) is 9.75. The van der Waals surface area contributed by atoms with Gasteiger partial charge in [0, 0.05) is 0 Å². The van der Waals surface area contributed by atoms with Gasteiger partial charge in [-0.15, -0.1) is 0 Å². The van der Waals surface area contributed by atoms with E-state index in [0.717, 1.165) is 11.1 Å². The van der Waals surface area contributed by atoms with Crippen LogP contribution in [0.25, 0.3) is 0 Å². The van der Waals surface area contributed by atoms with Crippen molar-refractivity contribution in [2.24, 2.45) is 5.73 Å². The molecule has 2 heteroatoms. The highest BCUT2D eigenvalue weighted by atomic mass is 19.1. The highest BCUT2D eigenvalue weighted by Crippen LogP contribution is 2.32. The van der Waals surface area contributed by atoms with Crippen molar-refractivity contribution in [3.05, 3.63) is 68.5 Å². The first kappa shape index (κ1) is 15.7. The third kappa shape index (κ3) is 2.60. The van der Waals surface area contributed by atoms with Crippen molar-refractivity contribution < 1.29 is 4.39 Å². The van der Waals surface area contributed by atoms with E-state index in [9.17, 15) is 4.39 Å². The monoisotopic (exact) mass is 285 g/mol. The number of aryl methyl sites for hydroxylation is 1. The SMILES string of the molecule is Cc1ccc(C(N)c2c(C)c(C)c(C)c(C)c2C)cc1F. The Morgan fingerprint density at radius 2 is 1.29 bits per heavy atom. The molecule has 0 heterocycles. The number of nitrogens with two attached hydrogens (primary N) is 1. The van der Waals surface area contributed by atoms with Crippen LogP contribution in [0.4, 0.5) is 4.39 Å². The van der Waals surface area contributed by atoms with E-state index < -0.39 is 0 Å². The molecule has 0 amide bonds. The van der Waals surface area contributed by atoms with Crippen LogP contribution in [0.1, 0.15) is 50.5 Å². The van der Waals surface area contributed by atoms with Crippen LogP contribution in [-0.2, 0) is 0 Å². The molecule has 1 atom stereocenters. The zero-order valence-corrected chi connectivity index (χ0v) is 13.8. The van der Waals surface area contributed by atoms with E-state index in [2.05, 4.69) is 34.6 Å². The Labute approximate surface area is 127 Å². The van der Waals surface area contributed by atoms with Crippen LogP contribution < -0.4 is 5.73 Å². The number of hydrogen-bond acceptors (Lipinski definition) is 1. The van der Waals surface area contributed by atoms with Gasteiger partial charge in [-0.3, -0.25) is 0 Å². The summed E-state index contributed by atoms with van der Waals surface area (Å²) < 4.78 is 13.8. The minimum atomic E-state index is -0.293. The molecule has 0 saturated heterocycles. The second-order valence-electron chi connectivity index (χ2n) is 6.02. The van der Waals surface area contributed by atoms with Crippen molar-refractivity contribution in [3.8, 4) is 0 Å². The Balaban J connectivity index is 2.63. The van der Waals surface area contributed by atoms with Crippen LogP contribution in [0.15, 0.2) is 18.2 Å². The predicted molar refractivity (Wildman–Crippen MR) is 87.3 cm³/mol. The Hall–Kier alpha value is -1.67. The maximum absolute atomic E-state index is 13.8. The van der Waals surface area contributed by atoms with Crippen molar-refractivity contribution in [2.45, 2.75) is 47.6 Å². The standard InChI is InChI=1S/C19H24FN/c1-10-7-8-16(9-17(10)20)19(21)18-14(5)12(3)11(2)13(4)15(18)6/h7-9,19H,21H2,1-6H3. The largest absolute Gasteiger partial charge is 0.320 e. The smallest absolute Gasteiger partial charge is 0.126 e. The molecule has 0 aliphatic carbocycles. The molecule has 2 rings (SSSR count). The molecule has 2 N–H and O–H groups in total. The molecule has 0 aliphatic rings. The van der Waals surface area contributed by atoms with Crippen LogP contribution in [-0.4, -0.2) is 0 Å². The molecule has 2 aromatic rings. The molecular weight excluding hydrogens is 261 g/mol. The van der Waals surface area contributed by atoms with Crippen LogP contribution >= 0.6 is 0 Å². The molecule has 0 spiro atoms. The third-order valence-corrected chi connectivity index (χ3v) is 4.92. The fourth-order valence-electron chi connectivity index (χ4n) is 2.96. The van der Waals surface area contributed by atoms with Gasteiger partial charge < -0.3 is 5.73 Å². The van der Waals surface area contributed by atoms with Gasteiger partial charge in [-0.25, -0.2) is 4.39 Å². The van der Waals surface area contributed by atoms with Crippen LogP contribution in [0.2, 0.25) is 0 Å². The summed E-state index contributed by atoms with van der Waals surface area (Å²) in [7, 11) is 0. The lowest BCUT2D eigenvalue weighted by molar-refractivity contribution is 0.614. The lowest BCUT2D eigenvalue weighted by atomic mass is 9.84. The zero-order valence-electron chi connectivity index (χ0n) is 13.8. The molecule has 0 radical (unpaired) electrons. The normalized spacial score (nSPS) is 12.6. The van der Waals surface area contributed by atoms with Crippen molar-refractivity contribution in [2.75, 3.05) is 0 Å². The number of benzene rings is 2. The third-order valence-electron chi connectivity index (χ3n) is 4.92. The van der Waals surface area contributed by atoms with E-state index in [0.29, 0.717) is 5.56 Å². The minimum absolute atomic E-state index is 0.196. The summed E-state index contributed by atoms with van der Waals surface area (Å²) in [6.07, 6.45) is 0. The summed E-state index contributed by atoms with van der Waals surface area (Å²) in [5.41, 5.74) is 15.3.